The Bertz CT molecular complexity index is 433. The Morgan fingerprint density at radius 2 is 1.93 bits per heavy atom. The van der Waals surface area contributed by atoms with E-state index in [1.807, 2.05) is 0 Å². The van der Waals surface area contributed by atoms with Crippen LogP contribution in [0, 0.1) is 0 Å². The first-order chi connectivity index (χ1) is 6.93. The van der Waals surface area contributed by atoms with E-state index in [0.29, 0.717) is 5.01 Å². The zero-order valence-electron chi connectivity index (χ0n) is 7.72. The summed E-state index contributed by atoms with van der Waals surface area (Å²) in [7, 11) is 0. The van der Waals surface area contributed by atoms with E-state index in [9.17, 15) is 9.59 Å². The van der Waals surface area contributed by atoms with Gasteiger partial charge in [-0.25, -0.2) is 14.6 Å². The number of hydrogen-bond acceptors (Lipinski definition) is 5. The first-order valence-electron chi connectivity index (χ1n) is 3.82. The number of aromatic nitrogens is 1. The molecule has 0 unspecified atom stereocenters. The number of carboxylic acids is 2. The molecule has 0 fully saturated rings. The molecule has 15 heavy (non-hydrogen) atoms. The van der Waals surface area contributed by atoms with Gasteiger partial charge < -0.3 is 15.9 Å². The van der Waals surface area contributed by atoms with E-state index in [1.165, 1.54) is 12.3 Å². The van der Waals surface area contributed by atoms with Crippen molar-refractivity contribution in [2.24, 2.45) is 0 Å². The lowest BCUT2D eigenvalue weighted by Gasteiger charge is -2.00. The van der Waals surface area contributed by atoms with E-state index in [-0.39, 0.29) is 11.4 Å². The second-order valence-corrected chi connectivity index (χ2v) is 3.55. The molecule has 1 heterocycles. The van der Waals surface area contributed by atoms with Gasteiger partial charge in [-0.1, -0.05) is 0 Å². The lowest BCUT2D eigenvalue weighted by Crippen LogP contribution is -2.13. The molecule has 0 spiro atoms. The molecule has 0 radical (unpaired) electrons. The molecular weight excluding hydrogens is 220 g/mol. The van der Waals surface area contributed by atoms with Crippen LogP contribution in [0.4, 0.5) is 5.82 Å². The monoisotopic (exact) mass is 228 g/mol. The van der Waals surface area contributed by atoms with Crippen LogP contribution in [0.1, 0.15) is 11.9 Å². The number of allylic oxidation sites excluding steroid dienone is 1. The Morgan fingerprint density at radius 3 is 2.27 bits per heavy atom. The number of rotatable bonds is 3. The summed E-state index contributed by atoms with van der Waals surface area (Å²) in [6, 6.07) is 0. The number of nitrogens with two attached hydrogens (primary N) is 1. The van der Waals surface area contributed by atoms with Gasteiger partial charge in [0.25, 0.3) is 0 Å². The standard InChI is InChI=1S/C8H8N2O4S/c1-3(5(7(11)12)8(13)14)6-10-4(9)2-15-6/h2H,9H2,1H3,(H,11,12)(H,13,14). The first-order valence-corrected chi connectivity index (χ1v) is 4.70. The molecule has 6 nitrogen and oxygen atoms in total. The largest absolute Gasteiger partial charge is 0.477 e. The Labute approximate surface area is 88.7 Å². The molecule has 0 aliphatic carbocycles. The van der Waals surface area contributed by atoms with Crippen LogP contribution in [0.5, 0.6) is 0 Å². The van der Waals surface area contributed by atoms with Crippen LogP contribution in [0.25, 0.3) is 5.57 Å². The smallest absolute Gasteiger partial charge is 0.343 e. The second kappa shape index (κ2) is 4.09. The average Bonchev–Trinajstić information content (AvgIpc) is 2.50. The molecule has 0 aromatic carbocycles. The summed E-state index contributed by atoms with van der Waals surface area (Å²) < 4.78 is 0. The predicted octanol–water partition coefficient (Wildman–Crippen LogP) is 0.668. The average molecular weight is 228 g/mol. The number of nitrogen functional groups attached to an aromatic ring is 1. The van der Waals surface area contributed by atoms with Crippen LogP contribution in [0.15, 0.2) is 11.0 Å². The summed E-state index contributed by atoms with van der Waals surface area (Å²) in [5.74, 6) is -2.74. The quantitative estimate of drug-likeness (QED) is 0.398. The third-order valence-corrected chi connectivity index (χ3v) is 2.63. The first kappa shape index (κ1) is 11.2. The Hall–Kier alpha value is -1.89. The van der Waals surface area contributed by atoms with E-state index < -0.39 is 17.5 Å². The highest BCUT2D eigenvalue weighted by Gasteiger charge is 2.21. The number of carboxylic acid groups (broad SMARTS) is 2. The van der Waals surface area contributed by atoms with Gasteiger partial charge in [-0.15, -0.1) is 11.3 Å². The van der Waals surface area contributed by atoms with Crippen LogP contribution in [0.3, 0.4) is 0 Å². The number of carbonyl (C=O) groups is 2. The van der Waals surface area contributed by atoms with Crippen LogP contribution in [0.2, 0.25) is 0 Å². The number of nitrogens with zero attached hydrogens (tertiary/aromatic N) is 1. The fourth-order valence-electron chi connectivity index (χ4n) is 0.978. The molecular formula is C8H8N2O4S. The Kier molecular flexibility index (Phi) is 3.05. The van der Waals surface area contributed by atoms with E-state index in [0.717, 1.165) is 11.3 Å². The van der Waals surface area contributed by atoms with E-state index in [2.05, 4.69) is 4.98 Å². The highest BCUT2D eigenvalue weighted by Crippen LogP contribution is 2.23. The van der Waals surface area contributed by atoms with Crippen molar-refractivity contribution in [1.82, 2.24) is 4.98 Å². The second-order valence-electron chi connectivity index (χ2n) is 2.69. The summed E-state index contributed by atoms with van der Waals surface area (Å²) >= 11 is 1.10. The molecule has 80 valence electrons. The topological polar surface area (TPSA) is 114 Å². The lowest BCUT2D eigenvalue weighted by atomic mass is 10.1. The zero-order chi connectivity index (χ0) is 11.6. The van der Waals surface area contributed by atoms with Gasteiger partial charge in [0.05, 0.1) is 0 Å². The number of aliphatic carboxylic acids is 2. The van der Waals surface area contributed by atoms with Crippen LogP contribution < -0.4 is 5.73 Å². The van der Waals surface area contributed by atoms with Gasteiger partial charge in [0.2, 0.25) is 0 Å². The maximum Gasteiger partial charge on any atom is 0.343 e. The lowest BCUT2D eigenvalue weighted by molar-refractivity contribution is -0.140. The maximum absolute atomic E-state index is 10.7. The van der Waals surface area contributed by atoms with Gasteiger partial charge in [-0.05, 0) is 6.92 Å². The molecule has 1 aromatic rings. The van der Waals surface area contributed by atoms with Gasteiger partial charge in [-0.2, -0.15) is 0 Å². The van der Waals surface area contributed by atoms with Gasteiger partial charge in [0, 0.05) is 11.0 Å². The molecule has 4 N–H and O–H groups in total. The molecule has 0 saturated carbocycles. The Morgan fingerprint density at radius 1 is 1.40 bits per heavy atom. The van der Waals surface area contributed by atoms with E-state index in [1.54, 1.807) is 0 Å². The van der Waals surface area contributed by atoms with Crippen LogP contribution >= 0.6 is 11.3 Å². The van der Waals surface area contributed by atoms with E-state index >= 15 is 0 Å². The molecule has 1 aromatic heterocycles. The molecule has 0 aliphatic rings. The minimum atomic E-state index is -1.49. The molecule has 0 atom stereocenters. The summed E-state index contributed by atoms with van der Waals surface area (Å²) in [6.45, 7) is 1.38. The van der Waals surface area contributed by atoms with Crippen molar-refractivity contribution in [2.75, 3.05) is 5.73 Å². The van der Waals surface area contributed by atoms with Crippen molar-refractivity contribution in [3.63, 3.8) is 0 Å². The minimum absolute atomic E-state index is 0.0942. The molecule has 0 aliphatic heterocycles. The fraction of sp³-hybridized carbons (Fsp3) is 0.125. The van der Waals surface area contributed by atoms with Crippen molar-refractivity contribution in [1.29, 1.82) is 0 Å². The summed E-state index contributed by atoms with van der Waals surface area (Å²) in [4.78, 5) is 25.1. The highest BCUT2D eigenvalue weighted by atomic mass is 32.1. The van der Waals surface area contributed by atoms with Crippen molar-refractivity contribution < 1.29 is 19.8 Å². The maximum atomic E-state index is 10.7. The minimum Gasteiger partial charge on any atom is -0.477 e. The Balaban J connectivity index is 3.28. The third-order valence-electron chi connectivity index (χ3n) is 1.65. The number of thiazole rings is 1. The van der Waals surface area contributed by atoms with Crippen molar-refractivity contribution in [3.8, 4) is 0 Å². The normalized spacial score (nSPS) is 9.67. The summed E-state index contributed by atoms with van der Waals surface area (Å²) in [5, 5.41) is 19.2. The van der Waals surface area contributed by atoms with Crippen LogP contribution in [-0.4, -0.2) is 27.1 Å². The van der Waals surface area contributed by atoms with Crippen molar-refractivity contribution in [2.45, 2.75) is 6.92 Å². The third kappa shape index (κ3) is 2.32. The summed E-state index contributed by atoms with van der Waals surface area (Å²) in [5.41, 5.74) is 4.75. The predicted molar refractivity (Wildman–Crippen MR) is 54.4 cm³/mol. The zero-order valence-corrected chi connectivity index (χ0v) is 8.54. The molecule has 7 heteroatoms. The SMILES string of the molecule is CC(=C(C(=O)O)C(=O)O)c1nc(N)cs1. The molecule has 0 amide bonds. The number of hydrogen-bond donors (Lipinski definition) is 3. The van der Waals surface area contributed by atoms with Gasteiger partial charge >= 0.3 is 11.9 Å². The molecule has 0 saturated heterocycles. The molecule has 1 rings (SSSR count). The van der Waals surface area contributed by atoms with Crippen molar-refractivity contribution in [3.05, 3.63) is 16.0 Å². The van der Waals surface area contributed by atoms with Crippen LogP contribution in [-0.2, 0) is 9.59 Å². The summed E-state index contributed by atoms with van der Waals surface area (Å²) in [6.07, 6.45) is 0. The highest BCUT2D eigenvalue weighted by molar-refractivity contribution is 7.11. The van der Waals surface area contributed by atoms with Gasteiger partial charge in [0.1, 0.15) is 16.4 Å². The van der Waals surface area contributed by atoms with Gasteiger partial charge in [-0.3, -0.25) is 0 Å². The van der Waals surface area contributed by atoms with E-state index in [4.69, 9.17) is 15.9 Å². The fourth-order valence-corrected chi connectivity index (χ4v) is 1.70. The van der Waals surface area contributed by atoms with Gasteiger partial charge in [0.15, 0.2) is 0 Å². The number of anilines is 1. The molecule has 0 bridgehead atoms. The van der Waals surface area contributed by atoms with Crippen molar-refractivity contribution >= 4 is 34.7 Å².